The minimum atomic E-state index is -3.76. The van der Waals surface area contributed by atoms with Gasteiger partial charge in [-0.15, -0.1) is 0 Å². The van der Waals surface area contributed by atoms with Gasteiger partial charge in [0, 0.05) is 81.7 Å². The summed E-state index contributed by atoms with van der Waals surface area (Å²) in [6.45, 7) is 8.11. The third-order valence-electron chi connectivity index (χ3n) is 15.0. The molecule has 0 saturated heterocycles. The second-order valence-corrected chi connectivity index (χ2v) is 28.3. The molecule has 106 heavy (non-hydrogen) atoms. The lowest BCUT2D eigenvalue weighted by Crippen LogP contribution is -2.28. The molecule has 550 valence electrons. The van der Waals surface area contributed by atoms with Gasteiger partial charge in [0.05, 0.1) is 41.4 Å². The van der Waals surface area contributed by atoms with Gasteiger partial charge >= 0.3 is 0 Å². The molecule has 9 aromatic rings. The highest BCUT2D eigenvalue weighted by Crippen LogP contribution is 2.37. The van der Waals surface area contributed by atoms with E-state index in [2.05, 4.69) is 21.3 Å². The summed E-state index contributed by atoms with van der Waals surface area (Å²) in [5, 5.41) is 15.1. The number of primary sulfonamides is 1. The molecule has 0 spiro atoms. The molecule has 9 rings (SSSR count). The minimum absolute atomic E-state index is 0.00837. The Balaban J connectivity index is 0.000000222. The van der Waals surface area contributed by atoms with E-state index in [1.165, 1.54) is 26.4 Å². The van der Waals surface area contributed by atoms with Crippen LogP contribution < -0.4 is 53.1 Å². The van der Waals surface area contributed by atoms with Crippen molar-refractivity contribution in [2.75, 3.05) is 33.9 Å². The number of aryl methyl sites for hydroxylation is 4. The Labute approximate surface area is 630 Å². The molecule has 12 N–H and O–H groups in total. The molecule has 9 aromatic carbocycles. The van der Waals surface area contributed by atoms with Crippen molar-refractivity contribution in [3.63, 3.8) is 0 Å². The molecule has 0 heterocycles. The normalized spacial score (nSPS) is 10.5. The number of primary amides is 3. The van der Waals surface area contributed by atoms with Gasteiger partial charge in [0.2, 0.25) is 48.2 Å². The van der Waals surface area contributed by atoms with Gasteiger partial charge in [0.15, 0.2) is 0 Å². The van der Waals surface area contributed by atoms with Gasteiger partial charge < -0.3 is 47.9 Å². The van der Waals surface area contributed by atoms with Gasteiger partial charge in [-0.2, -0.15) is 0 Å². The second-order valence-electron chi connectivity index (χ2n) is 22.8. The summed E-state index contributed by atoms with van der Waals surface area (Å²) >= 11 is 3.98. The van der Waals surface area contributed by atoms with E-state index in [9.17, 15) is 61.2 Å². The number of carbonyl (C=O) groups excluding carboxylic acids is 11. The van der Waals surface area contributed by atoms with Crippen molar-refractivity contribution in [3.8, 4) is 11.5 Å². The Bertz CT molecular complexity index is 4790. The van der Waals surface area contributed by atoms with Gasteiger partial charge in [-0.25, -0.2) is 13.6 Å². The van der Waals surface area contributed by atoms with E-state index in [0.29, 0.717) is 70.0 Å². The van der Waals surface area contributed by atoms with E-state index in [0.717, 1.165) is 74.9 Å². The van der Waals surface area contributed by atoms with Crippen LogP contribution in [0.15, 0.2) is 231 Å². The summed E-state index contributed by atoms with van der Waals surface area (Å²) in [6, 6.07) is 58.7. The average Bonchev–Trinajstić information content (AvgIpc) is 0.829. The molecule has 0 aliphatic heterocycles. The highest BCUT2D eigenvalue weighted by molar-refractivity contribution is 8.15. The van der Waals surface area contributed by atoms with Crippen LogP contribution in [0.3, 0.4) is 0 Å². The Morgan fingerprint density at radius 2 is 0.698 bits per heavy atom. The second kappa shape index (κ2) is 42.0. The number of amides is 7. The standard InChI is InChI=1S/C22H20N2O4S2.C19H20N2O5S.C19H20N2O3S.C18H18N2O3S/c1-15-6-2-3-7-18(15)22(26)29-20-9-5-4-8-19(20)21(25)24-14-16-10-12-17(13-11-16)30(23,27)28;1-25-13-7-5-8-14(26-2)17(13)19(24)27-15-9-4-3-6-12(15)18(23)21-11-10-16(20)22;1-12-6-3-4-8-14(12)19(24)25-17-13(2)7-5-9-15(17)18(23)21-11-10-16(20)22;1-12-6-5-9-14(17(22)20-11-10-15(19)21)16(12)24-18(23)13-7-3-2-4-8-13/h2-13H,14H2,1H3,(H,24,25)(H2,23,27,28);3-9H,10-11H2,1-2H3,(H2,20,22)(H,21,23);3-9H,10-11H2,1-2H3,(H2,20,22)(H,21,23);2-9H,10-11H2,1H3,(H2,19,21)(H,20,22). The molecule has 0 aliphatic rings. The SMILES string of the molecule is COc1cccc(OC)c1C(=O)Sc1ccccc1C(=O)NCCC(N)=O.Cc1cccc(C(=O)NCCC(N)=O)c1SC(=O)c1ccccc1.Cc1ccccc1C(=O)Sc1c(C)cccc1C(=O)NCCC(N)=O.Cc1ccccc1C(=O)Sc1ccccc1C(=O)NCc1ccc(S(N)(=O)=O)cc1. The number of nitrogens with one attached hydrogen (secondary N) is 4. The number of rotatable bonds is 26. The first-order chi connectivity index (χ1) is 50.6. The Kier molecular flexibility index (Phi) is 33.2. The van der Waals surface area contributed by atoms with Crippen LogP contribution in [0.5, 0.6) is 11.5 Å². The van der Waals surface area contributed by atoms with E-state index in [4.69, 9.17) is 31.8 Å². The molecular weight excluding hydrogens is 1450 g/mol. The minimum Gasteiger partial charge on any atom is -0.496 e. The van der Waals surface area contributed by atoms with Crippen LogP contribution in [-0.2, 0) is 31.0 Å². The lowest BCUT2D eigenvalue weighted by Gasteiger charge is -2.13. The monoisotopic (exact) mass is 1530 g/mol. The van der Waals surface area contributed by atoms with Crippen LogP contribution in [0.1, 0.15) is 130 Å². The molecule has 0 atom stereocenters. The maximum absolute atomic E-state index is 12.9. The zero-order chi connectivity index (χ0) is 77.5. The summed E-state index contributed by atoms with van der Waals surface area (Å²) in [7, 11) is -0.822. The lowest BCUT2D eigenvalue weighted by molar-refractivity contribution is -0.118. The summed E-state index contributed by atoms with van der Waals surface area (Å²) in [6.07, 6.45) is 0.184. The van der Waals surface area contributed by atoms with E-state index in [-0.39, 0.29) is 100.0 Å². The summed E-state index contributed by atoms with van der Waals surface area (Å²) in [5.41, 5.74) is 23.0. The number of ether oxygens (including phenoxy) is 2. The summed E-state index contributed by atoms with van der Waals surface area (Å²) in [5.74, 6) is -2.07. The molecule has 0 aliphatic carbocycles. The topological polar surface area (TPSA) is 393 Å². The number of sulfonamides is 1. The highest BCUT2D eigenvalue weighted by Gasteiger charge is 2.25. The van der Waals surface area contributed by atoms with Crippen molar-refractivity contribution < 1.29 is 70.6 Å². The van der Waals surface area contributed by atoms with Crippen LogP contribution in [0.2, 0.25) is 0 Å². The number of hydrogen-bond donors (Lipinski definition) is 8. The molecule has 0 fully saturated rings. The van der Waals surface area contributed by atoms with Gasteiger partial charge in [-0.3, -0.25) is 52.7 Å². The Hall–Kier alpha value is -11.1. The van der Waals surface area contributed by atoms with Gasteiger partial charge in [0.25, 0.3) is 23.6 Å². The molecular formula is C78H78N8O15S5. The molecule has 28 heteroatoms. The predicted molar refractivity (Wildman–Crippen MR) is 412 cm³/mol. The van der Waals surface area contributed by atoms with E-state index < -0.39 is 27.7 Å². The van der Waals surface area contributed by atoms with Crippen LogP contribution in [0, 0.1) is 27.7 Å². The maximum Gasteiger partial charge on any atom is 0.252 e. The number of methoxy groups -OCH3 is 2. The molecule has 0 aromatic heterocycles. The van der Waals surface area contributed by atoms with Gasteiger partial charge in [-0.05, 0) is 163 Å². The van der Waals surface area contributed by atoms with Crippen LogP contribution in [0.25, 0.3) is 0 Å². The number of benzene rings is 9. The van der Waals surface area contributed by atoms with E-state index in [1.807, 2.05) is 76.2 Å². The molecule has 7 amide bonds. The Morgan fingerprint density at radius 1 is 0.358 bits per heavy atom. The van der Waals surface area contributed by atoms with Crippen molar-refractivity contribution in [2.45, 2.75) is 78.0 Å². The van der Waals surface area contributed by atoms with Crippen molar-refractivity contribution in [3.05, 3.63) is 279 Å². The average molecular weight is 1530 g/mol. The van der Waals surface area contributed by atoms with Gasteiger partial charge in [0.1, 0.15) is 17.1 Å². The zero-order valence-electron chi connectivity index (χ0n) is 58.6. The zero-order valence-corrected chi connectivity index (χ0v) is 62.6. The molecule has 0 radical (unpaired) electrons. The lowest BCUT2D eigenvalue weighted by atomic mass is 10.1. The predicted octanol–water partition coefficient (Wildman–Crippen LogP) is 11.1. The largest absolute Gasteiger partial charge is 0.496 e. The van der Waals surface area contributed by atoms with Gasteiger partial charge in [-0.1, -0.05) is 146 Å². The first-order valence-corrected chi connectivity index (χ1v) is 37.2. The molecule has 0 unspecified atom stereocenters. The maximum atomic E-state index is 12.9. The number of carbonyl (C=O) groups is 11. The summed E-state index contributed by atoms with van der Waals surface area (Å²) in [4.78, 5) is 135. The van der Waals surface area contributed by atoms with Crippen LogP contribution >= 0.6 is 47.0 Å². The number of hydrogen-bond acceptors (Lipinski definition) is 19. The highest BCUT2D eigenvalue weighted by atomic mass is 32.2. The van der Waals surface area contributed by atoms with E-state index >= 15 is 0 Å². The smallest absolute Gasteiger partial charge is 0.252 e. The number of thioether (sulfide) groups is 4. The van der Waals surface area contributed by atoms with Crippen molar-refractivity contribution in [2.24, 2.45) is 22.3 Å². The summed E-state index contributed by atoms with van der Waals surface area (Å²) < 4.78 is 33.2. The first kappa shape index (κ1) is 83.8. The quantitative estimate of drug-likeness (QED) is 0.0233. The first-order valence-electron chi connectivity index (χ1n) is 32.3. The molecule has 0 saturated carbocycles. The van der Waals surface area contributed by atoms with E-state index in [1.54, 1.807) is 146 Å². The fraction of sp³-hybridized carbons (Fsp3) is 0.167. The van der Waals surface area contributed by atoms with Crippen LogP contribution in [-0.4, -0.2) is 104 Å². The fourth-order valence-corrected chi connectivity index (χ4v) is 13.9. The van der Waals surface area contributed by atoms with Crippen molar-refractivity contribution >= 4 is 119 Å². The third-order valence-corrected chi connectivity index (χ3v) is 20.2. The Morgan fingerprint density at radius 3 is 1.11 bits per heavy atom. The van der Waals surface area contributed by atoms with Crippen molar-refractivity contribution in [1.82, 2.24) is 21.3 Å². The molecule has 0 bridgehead atoms. The fourth-order valence-electron chi connectivity index (χ4n) is 9.51. The van der Waals surface area contributed by atoms with Crippen molar-refractivity contribution in [1.29, 1.82) is 0 Å². The number of nitrogens with two attached hydrogens (primary N) is 4. The molecule has 23 nitrogen and oxygen atoms in total. The van der Waals surface area contributed by atoms with Crippen LogP contribution in [0.4, 0.5) is 0 Å². The third kappa shape index (κ3) is 25.9.